The fourth-order valence-electron chi connectivity index (χ4n) is 2.02. The van der Waals surface area contributed by atoms with Crippen LogP contribution in [-0.2, 0) is 11.2 Å². The van der Waals surface area contributed by atoms with Gasteiger partial charge in [-0.15, -0.1) is 11.3 Å². The average molecular weight is 316 g/mol. The number of carbonyl (C=O) groups excluding carboxylic acids is 1. The number of nitrogens with zero attached hydrogens (tertiary/aromatic N) is 1. The number of rotatable bonds is 6. The number of hydrogen-bond acceptors (Lipinski definition) is 4. The summed E-state index contributed by atoms with van der Waals surface area (Å²) in [6, 6.07) is 7.65. The summed E-state index contributed by atoms with van der Waals surface area (Å²) in [7, 11) is 1.63. The number of nitrogens with one attached hydrogen (secondary N) is 1. The number of benzene rings is 1. The van der Waals surface area contributed by atoms with Crippen molar-refractivity contribution in [1.29, 1.82) is 0 Å². The number of thiazole rings is 1. The molecule has 2 rings (SSSR count). The van der Waals surface area contributed by atoms with Gasteiger partial charge in [-0.25, -0.2) is 4.98 Å². The van der Waals surface area contributed by atoms with Crippen LogP contribution < -0.4 is 10.1 Å². The number of allylic oxidation sites excluding steroid dienone is 1. The molecule has 116 valence electrons. The van der Waals surface area contributed by atoms with Gasteiger partial charge in [0.1, 0.15) is 5.75 Å². The van der Waals surface area contributed by atoms with E-state index in [0.29, 0.717) is 6.54 Å². The zero-order valence-electron chi connectivity index (χ0n) is 13.1. The van der Waals surface area contributed by atoms with Crippen molar-refractivity contribution < 1.29 is 9.53 Å². The van der Waals surface area contributed by atoms with Crippen molar-refractivity contribution in [3.63, 3.8) is 0 Å². The molecule has 4 nitrogen and oxygen atoms in total. The number of aromatic nitrogens is 1. The van der Waals surface area contributed by atoms with Crippen LogP contribution in [0, 0.1) is 6.92 Å². The molecule has 0 spiro atoms. The highest BCUT2D eigenvalue weighted by molar-refractivity contribution is 7.09. The standard InChI is InChI=1S/C17H20N2O2S/c1-12(14-4-6-16(21-3)7-5-14)10-17(20)18-9-8-15-11-22-13(2)19-15/h4-7,10-11H,8-9H2,1-3H3,(H,18,20)/b12-10+. The topological polar surface area (TPSA) is 51.2 Å². The summed E-state index contributed by atoms with van der Waals surface area (Å²) in [5.41, 5.74) is 2.95. The Labute approximate surface area is 134 Å². The van der Waals surface area contributed by atoms with Gasteiger partial charge < -0.3 is 10.1 Å². The van der Waals surface area contributed by atoms with Crippen molar-refractivity contribution >= 4 is 22.8 Å². The number of ether oxygens (including phenoxy) is 1. The second-order valence-corrected chi connectivity index (χ2v) is 6.02. The van der Waals surface area contributed by atoms with Gasteiger partial charge in [-0.2, -0.15) is 0 Å². The van der Waals surface area contributed by atoms with Crippen LogP contribution in [0.4, 0.5) is 0 Å². The molecule has 1 aromatic heterocycles. The van der Waals surface area contributed by atoms with Crippen molar-refractivity contribution in [2.75, 3.05) is 13.7 Å². The number of methoxy groups -OCH3 is 1. The molecule has 0 fully saturated rings. The maximum absolute atomic E-state index is 11.9. The molecule has 2 aromatic rings. The van der Waals surface area contributed by atoms with E-state index in [1.165, 1.54) is 0 Å². The van der Waals surface area contributed by atoms with E-state index in [1.54, 1.807) is 24.5 Å². The molecule has 0 saturated heterocycles. The van der Waals surface area contributed by atoms with Crippen LogP contribution in [0.1, 0.15) is 23.2 Å². The minimum atomic E-state index is -0.0831. The highest BCUT2D eigenvalue weighted by atomic mass is 32.1. The lowest BCUT2D eigenvalue weighted by molar-refractivity contribution is -0.116. The van der Waals surface area contributed by atoms with Crippen molar-refractivity contribution in [2.45, 2.75) is 20.3 Å². The second-order valence-electron chi connectivity index (χ2n) is 4.95. The van der Waals surface area contributed by atoms with Crippen LogP contribution in [0.2, 0.25) is 0 Å². The highest BCUT2D eigenvalue weighted by Crippen LogP contribution is 2.17. The number of carbonyl (C=O) groups is 1. The molecule has 1 N–H and O–H groups in total. The lowest BCUT2D eigenvalue weighted by Gasteiger charge is -2.05. The molecule has 1 heterocycles. The van der Waals surface area contributed by atoms with Crippen LogP contribution in [0.3, 0.4) is 0 Å². The summed E-state index contributed by atoms with van der Waals surface area (Å²) in [6.07, 6.45) is 2.37. The van der Waals surface area contributed by atoms with Gasteiger partial charge in [0.25, 0.3) is 0 Å². The molecule has 0 bridgehead atoms. The van der Waals surface area contributed by atoms with Crippen LogP contribution in [-0.4, -0.2) is 24.5 Å². The van der Waals surface area contributed by atoms with E-state index in [0.717, 1.165) is 34.0 Å². The Bertz CT molecular complexity index is 660. The summed E-state index contributed by atoms with van der Waals surface area (Å²) in [6.45, 7) is 4.49. The molecule has 5 heteroatoms. The Morgan fingerprint density at radius 3 is 2.68 bits per heavy atom. The van der Waals surface area contributed by atoms with E-state index in [4.69, 9.17) is 4.74 Å². The predicted molar refractivity (Wildman–Crippen MR) is 90.2 cm³/mol. The van der Waals surface area contributed by atoms with Crippen LogP contribution in [0.25, 0.3) is 5.57 Å². The molecule has 1 aromatic carbocycles. The van der Waals surface area contributed by atoms with Gasteiger partial charge in [0.15, 0.2) is 0 Å². The smallest absolute Gasteiger partial charge is 0.244 e. The third kappa shape index (κ3) is 4.70. The zero-order valence-corrected chi connectivity index (χ0v) is 13.9. The average Bonchev–Trinajstić information content (AvgIpc) is 2.92. The fraction of sp³-hybridized carbons (Fsp3) is 0.294. The van der Waals surface area contributed by atoms with E-state index in [2.05, 4.69) is 10.3 Å². The van der Waals surface area contributed by atoms with Crippen molar-refractivity contribution in [3.8, 4) is 5.75 Å². The first-order chi connectivity index (χ1) is 10.6. The number of aryl methyl sites for hydroxylation is 1. The Kier molecular flexibility index (Phi) is 5.72. The predicted octanol–water partition coefficient (Wildman–Crippen LogP) is 3.22. The minimum Gasteiger partial charge on any atom is -0.497 e. The summed E-state index contributed by atoms with van der Waals surface area (Å²) in [5.74, 6) is 0.722. The normalized spacial score (nSPS) is 11.3. The summed E-state index contributed by atoms with van der Waals surface area (Å²) >= 11 is 1.63. The molecular formula is C17H20N2O2S. The lowest BCUT2D eigenvalue weighted by Crippen LogP contribution is -2.23. The van der Waals surface area contributed by atoms with Gasteiger partial charge in [-0.05, 0) is 37.1 Å². The number of hydrogen-bond donors (Lipinski definition) is 1. The molecule has 0 radical (unpaired) electrons. The molecule has 22 heavy (non-hydrogen) atoms. The minimum absolute atomic E-state index is 0.0831. The molecule has 0 unspecified atom stereocenters. The number of amides is 1. The first-order valence-corrected chi connectivity index (χ1v) is 7.98. The van der Waals surface area contributed by atoms with E-state index in [1.807, 2.05) is 43.5 Å². The molecule has 1 amide bonds. The fourth-order valence-corrected chi connectivity index (χ4v) is 2.67. The summed E-state index contributed by atoms with van der Waals surface area (Å²) in [4.78, 5) is 16.3. The maximum atomic E-state index is 11.9. The second kappa shape index (κ2) is 7.75. The first kappa shape index (κ1) is 16.2. The first-order valence-electron chi connectivity index (χ1n) is 7.10. The Hall–Kier alpha value is -2.14. The summed E-state index contributed by atoms with van der Waals surface area (Å²) < 4.78 is 5.12. The summed E-state index contributed by atoms with van der Waals surface area (Å²) in [5, 5.41) is 5.97. The van der Waals surface area contributed by atoms with E-state index in [-0.39, 0.29) is 5.91 Å². The van der Waals surface area contributed by atoms with Crippen LogP contribution in [0.5, 0.6) is 5.75 Å². The van der Waals surface area contributed by atoms with Gasteiger partial charge >= 0.3 is 0 Å². The van der Waals surface area contributed by atoms with Gasteiger partial charge in [0.05, 0.1) is 17.8 Å². The van der Waals surface area contributed by atoms with Gasteiger partial charge in [-0.3, -0.25) is 4.79 Å². The Balaban J connectivity index is 1.86. The van der Waals surface area contributed by atoms with Gasteiger partial charge in [0.2, 0.25) is 5.91 Å². The molecule has 0 atom stereocenters. The monoisotopic (exact) mass is 316 g/mol. The van der Waals surface area contributed by atoms with Crippen LogP contribution >= 0.6 is 11.3 Å². The maximum Gasteiger partial charge on any atom is 0.244 e. The molecule has 0 aliphatic carbocycles. The van der Waals surface area contributed by atoms with Crippen molar-refractivity contribution in [2.24, 2.45) is 0 Å². The highest BCUT2D eigenvalue weighted by Gasteiger charge is 2.02. The zero-order chi connectivity index (χ0) is 15.9. The van der Waals surface area contributed by atoms with Gasteiger partial charge in [0, 0.05) is 24.4 Å². The third-order valence-electron chi connectivity index (χ3n) is 3.24. The molecular weight excluding hydrogens is 296 g/mol. The van der Waals surface area contributed by atoms with Crippen LogP contribution in [0.15, 0.2) is 35.7 Å². The van der Waals surface area contributed by atoms with Crippen molar-refractivity contribution in [3.05, 3.63) is 52.0 Å². The molecule has 0 aliphatic heterocycles. The Morgan fingerprint density at radius 1 is 1.36 bits per heavy atom. The lowest BCUT2D eigenvalue weighted by atomic mass is 10.1. The Morgan fingerprint density at radius 2 is 2.09 bits per heavy atom. The van der Waals surface area contributed by atoms with E-state index >= 15 is 0 Å². The SMILES string of the molecule is COc1ccc(/C(C)=C/C(=O)NCCc2csc(C)n2)cc1. The van der Waals surface area contributed by atoms with E-state index in [9.17, 15) is 4.79 Å². The van der Waals surface area contributed by atoms with Crippen molar-refractivity contribution in [1.82, 2.24) is 10.3 Å². The third-order valence-corrected chi connectivity index (χ3v) is 4.06. The molecule has 0 saturated carbocycles. The van der Waals surface area contributed by atoms with Gasteiger partial charge in [-0.1, -0.05) is 12.1 Å². The van der Waals surface area contributed by atoms with E-state index < -0.39 is 0 Å². The largest absolute Gasteiger partial charge is 0.497 e. The molecule has 0 aliphatic rings. The quantitative estimate of drug-likeness (QED) is 0.833.